The van der Waals surface area contributed by atoms with Crippen molar-refractivity contribution in [3.63, 3.8) is 0 Å². The second-order valence-electron chi connectivity index (χ2n) is 5.29. The Hall–Kier alpha value is -1.35. The monoisotopic (exact) mass is 217 g/mol. The normalized spacial score (nSPS) is 12.2. The summed E-state index contributed by atoms with van der Waals surface area (Å²) in [7, 11) is 0. The molecule has 0 fully saturated rings. The van der Waals surface area contributed by atoms with Gasteiger partial charge in [-0.05, 0) is 39.3 Å². The molecule has 0 saturated heterocycles. The fraction of sp³-hybridized carbons (Fsp3) is 0.462. The maximum Gasteiger partial charge on any atom is 0.136 e. The second-order valence-corrected chi connectivity index (χ2v) is 5.29. The van der Waals surface area contributed by atoms with E-state index in [4.69, 9.17) is 0 Å². The zero-order valence-corrected chi connectivity index (χ0v) is 10.4. The van der Waals surface area contributed by atoms with Gasteiger partial charge in [-0.15, -0.1) is 0 Å². The first-order valence-electron chi connectivity index (χ1n) is 5.63. The number of aromatic nitrogens is 2. The Bertz CT molecular complexity index is 491. The summed E-state index contributed by atoms with van der Waals surface area (Å²) in [4.78, 5) is 4.38. The molecule has 0 bridgehead atoms. The molecule has 0 aliphatic carbocycles. The van der Waals surface area contributed by atoms with E-state index in [0.717, 1.165) is 12.2 Å². The van der Waals surface area contributed by atoms with Crippen LogP contribution in [0.5, 0.6) is 0 Å². The third-order valence-corrected chi connectivity index (χ3v) is 2.53. The Kier molecular flexibility index (Phi) is 2.72. The van der Waals surface area contributed by atoms with Crippen molar-refractivity contribution in [3.05, 3.63) is 35.8 Å². The van der Waals surface area contributed by atoms with E-state index in [1.807, 2.05) is 6.20 Å². The SMILES string of the molecule is Cc1ccc2ncc(CNC(C)(C)C)n2c1. The average molecular weight is 217 g/mol. The number of nitrogens with one attached hydrogen (secondary N) is 1. The van der Waals surface area contributed by atoms with E-state index >= 15 is 0 Å². The Labute approximate surface area is 96.5 Å². The van der Waals surface area contributed by atoms with Crippen LogP contribution in [-0.4, -0.2) is 14.9 Å². The van der Waals surface area contributed by atoms with Crippen LogP contribution >= 0.6 is 0 Å². The highest BCUT2D eigenvalue weighted by Gasteiger charge is 2.10. The van der Waals surface area contributed by atoms with Gasteiger partial charge in [0.1, 0.15) is 5.65 Å². The zero-order valence-electron chi connectivity index (χ0n) is 10.4. The summed E-state index contributed by atoms with van der Waals surface area (Å²) < 4.78 is 2.15. The molecule has 0 radical (unpaired) electrons. The summed E-state index contributed by atoms with van der Waals surface area (Å²) in [6.45, 7) is 9.44. The molecule has 2 heterocycles. The van der Waals surface area contributed by atoms with Gasteiger partial charge in [-0.2, -0.15) is 0 Å². The molecule has 2 aromatic rings. The van der Waals surface area contributed by atoms with Gasteiger partial charge >= 0.3 is 0 Å². The number of hydrogen-bond donors (Lipinski definition) is 1. The van der Waals surface area contributed by atoms with Crippen molar-refractivity contribution < 1.29 is 0 Å². The average Bonchev–Trinajstić information content (AvgIpc) is 2.56. The fourth-order valence-electron chi connectivity index (χ4n) is 1.62. The number of hydrogen-bond acceptors (Lipinski definition) is 2. The molecule has 16 heavy (non-hydrogen) atoms. The first-order chi connectivity index (χ1) is 7.46. The number of fused-ring (bicyclic) bond motifs is 1. The van der Waals surface area contributed by atoms with Gasteiger partial charge in [-0.3, -0.25) is 0 Å². The van der Waals surface area contributed by atoms with E-state index in [9.17, 15) is 0 Å². The molecule has 2 rings (SSSR count). The molecule has 1 N–H and O–H groups in total. The fourth-order valence-corrected chi connectivity index (χ4v) is 1.62. The Balaban J connectivity index is 2.28. The molecule has 2 aromatic heterocycles. The number of imidazole rings is 1. The molecule has 0 spiro atoms. The van der Waals surface area contributed by atoms with Crippen molar-refractivity contribution in [2.75, 3.05) is 0 Å². The molecule has 0 amide bonds. The third kappa shape index (κ3) is 2.42. The van der Waals surface area contributed by atoms with E-state index in [1.54, 1.807) is 0 Å². The minimum atomic E-state index is 0.133. The summed E-state index contributed by atoms with van der Waals surface area (Å²) in [6.07, 6.45) is 4.07. The van der Waals surface area contributed by atoms with E-state index in [-0.39, 0.29) is 5.54 Å². The minimum Gasteiger partial charge on any atom is -0.306 e. The highest BCUT2D eigenvalue weighted by Crippen LogP contribution is 2.10. The van der Waals surface area contributed by atoms with Crippen LogP contribution in [0.2, 0.25) is 0 Å². The maximum absolute atomic E-state index is 4.38. The standard InChI is InChI=1S/C13H19N3/c1-10-5-6-12-14-7-11(16(12)9-10)8-15-13(2,3)4/h5-7,9,15H,8H2,1-4H3. The van der Waals surface area contributed by atoms with Crippen LogP contribution in [0.4, 0.5) is 0 Å². The van der Waals surface area contributed by atoms with Gasteiger partial charge in [0.2, 0.25) is 0 Å². The van der Waals surface area contributed by atoms with Crippen molar-refractivity contribution in [2.45, 2.75) is 39.8 Å². The van der Waals surface area contributed by atoms with Gasteiger partial charge in [0, 0.05) is 18.3 Å². The molecule has 0 saturated carbocycles. The van der Waals surface area contributed by atoms with E-state index in [2.05, 4.69) is 60.7 Å². The summed E-state index contributed by atoms with van der Waals surface area (Å²) in [5.74, 6) is 0. The quantitative estimate of drug-likeness (QED) is 0.837. The van der Waals surface area contributed by atoms with Crippen molar-refractivity contribution in [1.29, 1.82) is 0 Å². The number of nitrogens with zero attached hydrogens (tertiary/aromatic N) is 2. The minimum absolute atomic E-state index is 0.133. The van der Waals surface area contributed by atoms with Crippen LogP contribution in [0, 0.1) is 6.92 Å². The van der Waals surface area contributed by atoms with E-state index < -0.39 is 0 Å². The van der Waals surface area contributed by atoms with E-state index in [0.29, 0.717) is 0 Å². The largest absolute Gasteiger partial charge is 0.306 e. The molecule has 3 nitrogen and oxygen atoms in total. The number of aryl methyl sites for hydroxylation is 1. The van der Waals surface area contributed by atoms with E-state index in [1.165, 1.54) is 11.3 Å². The highest BCUT2D eigenvalue weighted by atomic mass is 15.0. The molecule has 0 aliphatic heterocycles. The van der Waals surface area contributed by atoms with Gasteiger partial charge in [-0.25, -0.2) is 4.98 Å². The van der Waals surface area contributed by atoms with Crippen LogP contribution in [-0.2, 0) is 6.54 Å². The Morgan fingerprint density at radius 1 is 1.31 bits per heavy atom. The zero-order chi connectivity index (χ0) is 11.8. The molecule has 0 aliphatic rings. The second kappa shape index (κ2) is 3.91. The van der Waals surface area contributed by atoms with Crippen molar-refractivity contribution >= 4 is 5.65 Å². The summed E-state index contributed by atoms with van der Waals surface area (Å²) in [5, 5.41) is 3.48. The van der Waals surface area contributed by atoms with Gasteiger partial charge in [0.05, 0.1) is 11.9 Å². The maximum atomic E-state index is 4.38. The molecular weight excluding hydrogens is 198 g/mol. The lowest BCUT2D eigenvalue weighted by molar-refractivity contribution is 0.420. The molecule has 86 valence electrons. The molecule has 0 aromatic carbocycles. The van der Waals surface area contributed by atoms with Gasteiger partial charge < -0.3 is 9.72 Å². The molecule has 3 heteroatoms. The van der Waals surface area contributed by atoms with Gasteiger partial charge in [0.25, 0.3) is 0 Å². The lowest BCUT2D eigenvalue weighted by Crippen LogP contribution is -2.35. The topological polar surface area (TPSA) is 29.3 Å². The van der Waals surface area contributed by atoms with Crippen molar-refractivity contribution in [1.82, 2.24) is 14.7 Å². The predicted octanol–water partition coefficient (Wildman–Crippen LogP) is 2.53. The van der Waals surface area contributed by atoms with Crippen molar-refractivity contribution in [2.24, 2.45) is 0 Å². The lowest BCUT2D eigenvalue weighted by atomic mass is 10.1. The Morgan fingerprint density at radius 2 is 2.06 bits per heavy atom. The lowest BCUT2D eigenvalue weighted by Gasteiger charge is -2.20. The van der Waals surface area contributed by atoms with Crippen LogP contribution < -0.4 is 5.32 Å². The molecular formula is C13H19N3. The number of rotatable bonds is 2. The van der Waals surface area contributed by atoms with Crippen LogP contribution in [0.25, 0.3) is 5.65 Å². The number of pyridine rings is 1. The molecule has 0 unspecified atom stereocenters. The third-order valence-electron chi connectivity index (χ3n) is 2.53. The van der Waals surface area contributed by atoms with Crippen LogP contribution in [0.1, 0.15) is 32.0 Å². The first kappa shape index (κ1) is 11.1. The van der Waals surface area contributed by atoms with Gasteiger partial charge in [0.15, 0.2) is 0 Å². The first-order valence-corrected chi connectivity index (χ1v) is 5.63. The van der Waals surface area contributed by atoms with Gasteiger partial charge in [-0.1, -0.05) is 6.07 Å². The highest BCUT2D eigenvalue weighted by molar-refractivity contribution is 5.41. The smallest absolute Gasteiger partial charge is 0.136 e. The Morgan fingerprint density at radius 3 is 2.75 bits per heavy atom. The van der Waals surface area contributed by atoms with Crippen molar-refractivity contribution in [3.8, 4) is 0 Å². The summed E-state index contributed by atoms with van der Waals surface area (Å²) in [5.41, 5.74) is 3.60. The summed E-state index contributed by atoms with van der Waals surface area (Å²) >= 11 is 0. The van der Waals surface area contributed by atoms with Crippen LogP contribution in [0.15, 0.2) is 24.5 Å². The van der Waals surface area contributed by atoms with Crippen LogP contribution in [0.3, 0.4) is 0 Å². The summed E-state index contributed by atoms with van der Waals surface area (Å²) in [6, 6.07) is 4.14. The predicted molar refractivity (Wildman–Crippen MR) is 66.5 cm³/mol. The molecule has 0 atom stereocenters.